The highest BCUT2D eigenvalue weighted by atomic mass is 16.2. The quantitative estimate of drug-likeness (QED) is 0.819. The Kier molecular flexibility index (Phi) is 4.22. The minimum Gasteiger partial charge on any atom is -0.355 e. The van der Waals surface area contributed by atoms with Crippen LogP contribution in [0.1, 0.15) is 37.2 Å². The number of carbonyl (C=O) groups excluding carboxylic acids is 3. The third-order valence-electron chi connectivity index (χ3n) is 4.59. The molecule has 5 heteroatoms. The van der Waals surface area contributed by atoms with Crippen molar-refractivity contribution in [2.75, 3.05) is 6.54 Å². The van der Waals surface area contributed by atoms with Crippen molar-refractivity contribution in [3.63, 3.8) is 0 Å². The molecule has 116 valence electrons. The first kappa shape index (κ1) is 14.8. The monoisotopic (exact) mass is 300 g/mol. The lowest BCUT2D eigenvalue weighted by atomic mass is 9.85. The van der Waals surface area contributed by atoms with Gasteiger partial charge in [0.25, 0.3) is 5.91 Å². The standard InChI is InChI=1S/C17H20N2O3/c20-15(17(22)19-12-8-4-5-9-12)13-10-18-16(21)14(13)11-6-2-1-3-7-11/h1-3,6-7,12-14H,4-5,8-10H2,(H,18,21)(H,19,22)/t13-,14+/m0/s1. The van der Waals surface area contributed by atoms with Gasteiger partial charge in [0.05, 0.1) is 11.8 Å². The van der Waals surface area contributed by atoms with Crippen LogP contribution in [0, 0.1) is 5.92 Å². The van der Waals surface area contributed by atoms with Gasteiger partial charge >= 0.3 is 0 Å². The second kappa shape index (κ2) is 6.30. The number of rotatable bonds is 4. The molecular weight excluding hydrogens is 280 g/mol. The fraction of sp³-hybridized carbons (Fsp3) is 0.471. The van der Waals surface area contributed by atoms with Gasteiger partial charge in [-0.05, 0) is 18.4 Å². The molecule has 0 unspecified atom stereocenters. The Labute approximate surface area is 129 Å². The maximum Gasteiger partial charge on any atom is 0.287 e. The predicted octanol–water partition coefficient (Wildman–Crippen LogP) is 1.14. The average molecular weight is 300 g/mol. The van der Waals surface area contributed by atoms with E-state index < -0.39 is 23.5 Å². The molecule has 1 aliphatic heterocycles. The zero-order valence-corrected chi connectivity index (χ0v) is 12.4. The SMILES string of the molecule is O=C(NC1CCCC1)C(=O)[C@H]1CNC(=O)[C@@H]1c1ccccc1. The Morgan fingerprint density at radius 3 is 2.45 bits per heavy atom. The number of hydrogen-bond donors (Lipinski definition) is 2. The summed E-state index contributed by atoms with van der Waals surface area (Å²) in [7, 11) is 0. The van der Waals surface area contributed by atoms with E-state index in [9.17, 15) is 14.4 Å². The van der Waals surface area contributed by atoms with Crippen LogP contribution in [-0.2, 0) is 14.4 Å². The van der Waals surface area contributed by atoms with E-state index >= 15 is 0 Å². The molecule has 22 heavy (non-hydrogen) atoms. The summed E-state index contributed by atoms with van der Waals surface area (Å²) in [5, 5.41) is 5.52. The lowest BCUT2D eigenvalue weighted by Crippen LogP contribution is -2.42. The molecule has 2 N–H and O–H groups in total. The minimum absolute atomic E-state index is 0.108. The number of carbonyl (C=O) groups is 3. The van der Waals surface area contributed by atoms with Crippen LogP contribution in [0.2, 0.25) is 0 Å². The summed E-state index contributed by atoms with van der Waals surface area (Å²) >= 11 is 0. The van der Waals surface area contributed by atoms with Crippen molar-refractivity contribution in [1.82, 2.24) is 10.6 Å². The largest absolute Gasteiger partial charge is 0.355 e. The van der Waals surface area contributed by atoms with Crippen molar-refractivity contribution < 1.29 is 14.4 Å². The first-order chi connectivity index (χ1) is 10.7. The second-order valence-electron chi connectivity index (χ2n) is 6.06. The van der Waals surface area contributed by atoms with Crippen LogP contribution in [0.25, 0.3) is 0 Å². The zero-order valence-electron chi connectivity index (χ0n) is 12.4. The molecule has 2 amide bonds. The first-order valence-electron chi connectivity index (χ1n) is 7.84. The summed E-state index contributed by atoms with van der Waals surface area (Å²) in [6.45, 7) is 0.231. The Balaban J connectivity index is 1.73. The molecule has 1 saturated carbocycles. The number of ketones is 1. The highest BCUT2D eigenvalue weighted by Crippen LogP contribution is 2.30. The molecule has 0 radical (unpaired) electrons. The van der Waals surface area contributed by atoms with Gasteiger partial charge in [0.15, 0.2) is 0 Å². The zero-order chi connectivity index (χ0) is 15.5. The molecular formula is C17H20N2O3. The van der Waals surface area contributed by atoms with Crippen LogP contribution >= 0.6 is 0 Å². The molecule has 1 aromatic rings. The van der Waals surface area contributed by atoms with E-state index in [-0.39, 0.29) is 18.5 Å². The van der Waals surface area contributed by atoms with Crippen LogP contribution in [0.5, 0.6) is 0 Å². The highest BCUT2D eigenvalue weighted by Gasteiger charge is 2.42. The molecule has 1 saturated heterocycles. The van der Waals surface area contributed by atoms with E-state index in [0.717, 1.165) is 31.2 Å². The molecule has 2 atom stereocenters. The normalized spacial score (nSPS) is 25.0. The van der Waals surface area contributed by atoms with E-state index in [0.29, 0.717) is 0 Å². The van der Waals surface area contributed by atoms with E-state index in [4.69, 9.17) is 0 Å². The highest BCUT2D eigenvalue weighted by molar-refractivity contribution is 6.38. The second-order valence-corrected chi connectivity index (χ2v) is 6.06. The molecule has 5 nitrogen and oxygen atoms in total. The van der Waals surface area contributed by atoms with Crippen molar-refractivity contribution >= 4 is 17.6 Å². The van der Waals surface area contributed by atoms with Gasteiger partial charge in [-0.2, -0.15) is 0 Å². The summed E-state index contributed by atoms with van der Waals surface area (Å²) in [5.74, 6) is -2.40. The smallest absolute Gasteiger partial charge is 0.287 e. The number of nitrogens with one attached hydrogen (secondary N) is 2. The summed E-state index contributed by atoms with van der Waals surface area (Å²) < 4.78 is 0. The van der Waals surface area contributed by atoms with Gasteiger partial charge in [-0.15, -0.1) is 0 Å². The summed E-state index contributed by atoms with van der Waals surface area (Å²) in [6.07, 6.45) is 4.05. The van der Waals surface area contributed by atoms with Gasteiger partial charge in [-0.25, -0.2) is 0 Å². The van der Waals surface area contributed by atoms with Gasteiger partial charge in [0.1, 0.15) is 0 Å². The number of Topliss-reactive ketones (excluding diaryl/α,β-unsaturated/α-hetero) is 1. The van der Waals surface area contributed by atoms with Gasteiger partial charge in [-0.3, -0.25) is 14.4 Å². The summed E-state index contributed by atoms with van der Waals surface area (Å²) in [4.78, 5) is 36.7. The minimum atomic E-state index is -0.615. The lowest BCUT2D eigenvalue weighted by molar-refractivity contribution is -0.140. The van der Waals surface area contributed by atoms with E-state index in [1.165, 1.54) is 0 Å². The number of benzene rings is 1. The van der Waals surface area contributed by atoms with Crippen LogP contribution in [0.15, 0.2) is 30.3 Å². The molecule has 0 bridgehead atoms. The van der Waals surface area contributed by atoms with Crippen molar-refractivity contribution in [2.45, 2.75) is 37.6 Å². The molecule has 3 rings (SSSR count). The fourth-order valence-corrected chi connectivity index (χ4v) is 3.40. The van der Waals surface area contributed by atoms with Crippen LogP contribution < -0.4 is 10.6 Å². The van der Waals surface area contributed by atoms with Crippen LogP contribution in [-0.4, -0.2) is 30.2 Å². The average Bonchev–Trinajstić information content (AvgIpc) is 3.17. The maximum atomic E-state index is 12.5. The van der Waals surface area contributed by atoms with E-state index in [1.54, 1.807) is 0 Å². The fourth-order valence-electron chi connectivity index (χ4n) is 3.40. The van der Waals surface area contributed by atoms with Gasteiger partial charge in [-0.1, -0.05) is 43.2 Å². The lowest BCUT2D eigenvalue weighted by Gasteiger charge is -2.17. The van der Waals surface area contributed by atoms with Crippen molar-refractivity contribution in [1.29, 1.82) is 0 Å². The Bertz CT molecular complexity index is 579. The van der Waals surface area contributed by atoms with Crippen LogP contribution in [0.3, 0.4) is 0 Å². The Morgan fingerprint density at radius 1 is 1.09 bits per heavy atom. The van der Waals surface area contributed by atoms with Crippen molar-refractivity contribution in [3.8, 4) is 0 Å². The number of hydrogen-bond acceptors (Lipinski definition) is 3. The van der Waals surface area contributed by atoms with Gasteiger partial charge in [0.2, 0.25) is 11.7 Å². The Morgan fingerprint density at radius 2 is 1.77 bits per heavy atom. The Hall–Kier alpha value is -2.17. The molecule has 1 aliphatic carbocycles. The molecule has 2 aliphatic rings. The summed E-state index contributed by atoms with van der Waals surface area (Å²) in [5.41, 5.74) is 0.782. The van der Waals surface area contributed by atoms with Crippen molar-refractivity contribution in [2.24, 2.45) is 5.92 Å². The molecule has 2 fully saturated rings. The van der Waals surface area contributed by atoms with E-state index in [1.807, 2.05) is 30.3 Å². The molecule has 1 heterocycles. The predicted molar refractivity (Wildman–Crippen MR) is 81.1 cm³/mol. The van der Waals surface area contributed by atoms with Gasteiger partial charge < -0.3 is 10.6 Å². The molecule has 1 aromatic carbocycles. The summed E-state index contributed by atoms with van der Waals surface area (Å²) in [6, 6.07) is 9.29. The number of amides is 2. The molecule has 0 aromatic heterocycles. The maximum absolute atomic E-state index is 12.5. The third-order valence-corrected chi connectivity index (χ3v) is 4.59. The first-order valence-corrected chi connectivity index (χ1v) is 7.84. The van der Waals surface area contributed by atoms with Crippen molar-refractivity contribution in [3.05, 3.63) is 35.9 Å². The molecule has 0 spiro atoms. The third kappa shape index (κ3) is 2.89. The van der Waals surface area contributed by atoms with Crippen LogP contribution in [0.4, 0.5) is 0 Å². The topological polar surface area (TPSA) is 75.3 Å². The van der Waals surface area contributed by atoms with Gasteiger partial charge in [0, 0.05) is 12.6 Å². The van der Waals surface area contributed by atoms with E-state index in [2.05, 4.69) is 10.6 Å².